The maximum absolute atomic E-state index is 12.3. The van der Waals surface area contributed by atoms with E-state index >= 15 is 0 Å². The van der Waals surface area contributed by atoms with Gasteiger partial charge in [-0.15, -0.1) is 0 Å². The molecule has 0 bridgehead atoms. The molecule has 0 aliphatic carbocycles. The fraction of sp³-hybridized carbons (Fsp3) is 0.417. The molecule has 0 atom stereocenters. The van der Waals surface area contributed by atoms with Gasteiger partial charge >= 0.3 is 0 Å². The quantitative estimate of drug-likeness (QED) is 0.824. The van der Waals surface area contributed by atoms with Gasteiger partial charge in [0, 0.05) is 20.1 Å². The largest absolute Gasteiger partial charge is 0.308 e. The first kappa shape index (κ1) is 15.9. The first-order valence-electron chi connectivity index (χ1n) is 5.59. The maximum Gasteiger partial charge on any atom is 0.244 e. The minimum absolute atomic E-state index is 0.0226. The fourth-order valence-electron chi connectivity index (χ4n) is 1.41. The van der Waals surface area contributed by atoms with Crippen LogP contribution in [0.2, 0.25) is 5.02 Å². The number of hydrogen-bond donors (Lipinski definition) is 0. The van der Waals surface area contributed by atoms with Crippen molar-refractivity contribution in [1.82, 2.24) is 9.21 Å². The molecule has 0 unspecified atom stereocenters. The molecule has 5 nitrogen and oxygen atoms in total. The topological polar surface area (TPSA) is 64.4 Å². The Bertz CT molecular complexity index is 593. The molecule has 0 N–H and O–H groups in total. The highest BCUT2D eigenvalue weighted by Crippen LogP contribution is 2.24. The van der Waals surface area contributed by atoms with Crippen LogP contribution in [0.25, 0.3) is 0 Å². The van der Waals surface area contributed by atoms with E-state index in [1.54, 1.807) is 0 Å². The highest BCUT2D eigenvalue weighted by Gasteiger charge is 2.23. The van der Waals surface area contributed by atoms with Gasteiger partial charge in [0.05, 0.1) is 16.7 Å². The van der Waals surface area contributed by atoms with Crippen molar-refractivity contribution in [2.45, 2.75) is 4.90 Å². The van der Waals surface area contributed by atoms with E-state index in [9.17, 15) is 8.42 Å². The second-order valence-electron chi connectivity index (χ2n) is 4.39. The summed E-state index contributed by atoms with van der Waals surface area (Å²) >= 11 is 5.93. The van der Waals surface area contributed by atoms with Gasteiger partial charge in [0.2, 0.25) is 10.0 Å². The number of likely N-dealkylation sites (N-methyl/N-ethyl adjacent to an activating group) is 2. The predicted molar refractivity (Wildman–Crippen MR) is 74.5 cm³/mol. The van der Waals surface area contributed by atoms with Gasteiger partial charge < -0.3 is 4.90 Å². The molecule has 0 heterocycles. The zero-order valence-electron chi connectivity index (χ0n) is 11.1. The van der Waals surface area contributed by atoms with Crippen molar-refractivity contribution < 1.29 is 8.42 Å². The van der Waals surface area contributed by atoms with Crippen molar-refractivity contribution >= 4 is 21.6 Å². The summed E-state index contributed by atoms with van der Waals surface area (Å²) in [5.74, 6) is 0. The Morgan fingerprint density at radius 3 is 2.37 bits per heavy atom. The van der Waals surface area contributed by atoms with Crippen LogP contribution < -0.4 is 0 Å². The predicted octanol–water partition coefficient (Wildman–Crippen LogP) is 1.39. The fourth-order valence-corrected chi connectivity index (χ4v) is 3.08. The third kappa shape index (κ3) is 3.91. The number of hydrogen-bond acceptors (Lipinski definition) is 4. The standard InChI is InChI=1S/C12H16ClN3O2S/c1-15(2)6-7-16(3)19(17,18)12-5-4-10(9-14)8-11(12)13/h4-5,8H,6-7H2,1-3H3. The highest BCUT2D eigenvalue weighted by atomic mass is 35.5. The Kier molecular flexibility index (Phi) is 5.32. The Labute approximate surface area is 119 Å². The average molecular weight is 302 g/mol. The molecule has 0 saturated heterocycles. The second kappa shape index (κ2) is 6.35. The van der Waals surface area contributed by atoms with E-state index in [-0.39, 0.29) is 9.92 Å². The van der Waals surface area contributed by atoms with Crippen molar-refractivity contribution in [3.8, 4) is 6.07 Å². The third-order valence-electron chi connectivity index (χ3n) is 2.61. The normalized spacial score (nSPS) is 11.8. The first-order valence-corrected chi connectivity index (χ1v) is 7.41. The van der Waals surface area contributed by atoms with Crippen molar-refractivity contribution in [2.75, 3.05) is 34.2 Å². The molecule has 1 rings (SSSR count). The second-order valence-corrected chi connectivity index (χ2v) is 6.81. The maximum atomic E-state index is 12.3. The molecule has 0 saturated carbocycles. The van der Waals surface area contributed by atoms with Crippen molar-refractivity contribution in [3.05, 3.63) is 28.8 Å². The summed E-state index contributed by atoms with van der Waals surface area (Å²) in [5.41, 5.74) is 0.333. The lowest BCUT2D eigenvalue weighted by Crippen LogP contribution is -2.33. The third-order valence-corrected chi connectivity index (χ3v) is 4.95. The molecule has 0 fully saturated rings. The van der Waals surface area contributed by atoms with Crippen LogP contribution in [-0.4, -0.2) is 51.9 Å². The van der Waals surface area contributed by atoms with Crippen molar-refractivity contribution in [1.29, 1.82) is 5.26 Å². The SMILES string of the molecule is CN(C)CCN(C)S(=O)(=O)c1ccc(C#N)cc1Cl. The Morgan fingerprint density at radius 2 is 1.89 bits per heavy atom. The molecule has 7 heteroatoms. The Balaban J connectivity index is 3.04. The molecule has 1 aromatic carbocycles. The molecule has 19 heavy (non-hydrogen) atoms. The minimum Gasteiger partial charge on any atom is -0.308 e. The number of halogens is 1. The lowest BCUT2D eigenvalue weighted by molar-refractivity contribution is 0.358. The summed E-state index contributed by atoms with van der Waals surface area (Å²) in [4.78, 5) is 1.92. The van der Waals surface area contributed by atoms with Crippen LogP contribution >= 0.6 is 11.6 Å². The average Bonchev–Trinajstić information content (AvgIpc) is 2.35. The van der Waals surface area contributed by atoms with Gasteiger partial charge in [0.15, 0.2) is 0 Å². The Morgan fingerprint density at radius 1 is 1.26 bits per heavy atom. The smallest absolute Gasteiger partial charge is 0.244 e. The van der Waals surface area contributed by atoms with E-state index in [0.717, 1.165) is 0 Å². The van der Waals surface area contributed by atoms with Crippen LogP contribution in [-0.2, 0) is 10.0 Å². The molecule has 0 spiro atoms. The van der Waals surface area contributed by atoms with E-state index in [2.05, 4.69) is 0 Å². The molecular formula is C12H16ClN3O2S. The molecule has 104 valence electrons. The van der Waals surface area contributed by atoms with Gasteiger partial charge in [-0.3, -0.25) is 0 Å². The lowest BCUT2D eigenvalue weighted by Gasteiger charge is -2.20. The Hall–Kier alpha value is -1.13. The van der Waals surface area contributed by atoms with E-state index in [1.807, 2.05) is 25.1 Å². The molecule has 0 amide bonds. The van der Waals surface area contributed by atoms with E-state index in [1.165, 1.54) is 29.6 Å². The van der Waals surface area contributed by atoms with Gasteiger partial charge in [0.25, 0.3) is 0 Å². The van der Waals surface area contributed by atoms with Crippen LogP contribution in [0.4, 0.5) is 0 Å². The number of benzene rings is 1. The van der Waals surface area contributed by atoms with E-state index < -0.39 is 10.0 Å². The number of nitrogens with zero attached hydrogens (tertiary/aromatic N) is 3. The van der Waals surface area contributed by atoms with Crippen LogP contribution in [0.3, 0.4) is 0 Å². The summed E-state index contributed by atoms with van der Waals surface area (Å²) in [6.07, 6.45) is 0. The van der Waals surface area contributed by atoms with Gasteiger partial charge in [-0.05, 0) is 32.3 Å². The minimum atomic E-state index is -3.62. The number of sulfonamides is 1. The zero-order chi connectivity index (χ0) is 14.6. The summed E-state index contributed by atoms with van der Waals surface area (Å²) in [6.45, 7) is 0.981. The van der Waals surface area contributed by atoms with E-state index in [4.69, 9.17) is 16.9 Å². The molecule has 0 radical (unpaired) electrons. The summed E-state index contributed by atoms with van der Waals surface area (Å²) < 4.78 is 25.9. The number of rotatable bonds is 5. The molecule has 0 aliphatic heterocycles. The van der Waals surface area contributed by atoms with Gasteiger partial charge in [-0.1, -0.05) is 11.6 Å². The van der Waals surface area contributed by atoms with Crippen LogP contribution in [0.5, 0.6) is 0 Å². The first-order chi connectivity index (χ1) is 8.78. The lowest BCUT2D eigenvalue weighted by atomic mass is 10.2. The van der Waals surface area contributed by atoms with Crippen LogP contribution in [0.15, 0.2) is 23.1 Å². The summed E-state index contributed by atoms with van der Waals surface area (Å²) in [7, 11) is 1.62. The van der Waals surface area contributed by atoms with Gasteiger partial charge in [-0.2, -0.15) is 9.57 Å². The summed E-state index contributed by atoms with van der Waals surface area (Å²) in [5, 5.41) is 8.80. The molecule has 0 aliphatic rings. The van der Waals surface area contributed by atoms with Crippen LogP contribution in [0, 0.1) is 11.3 Å². The van der Waals surface area contributed by atoms with Crippen molar-refractivity contribution in [2.24, 2.45) is 0 Å². The summed E-state index contributed by atoms with van der Waals surface area (Å²) in [6, 6.07) is 6.08. The molecular weight excluding hydrogens is 286 g/mol. The van der Waals surface area contributed by atoms with Crippen molar-refractivity contribution in [3.63, 3.8) is 0 Å². The van der Waals surface area contributed by atoms with Crippen LogP contribution in [0.1, 0.15) is 5.56 Å². The molecule has 0 aromatic heterocycles. The monoisotopic (exact) mass is 301 g/mol. The van der Waals surface area contributed by atoms with E-state index in [0.29, 0.717) is 18.7 Å². The zero-order valence-corrected chi connectivity index (χ0v) is 12.7. The number of nitriles is 1. The van der Waals surface area contributed by atoms with Gasteiger partial charge in [-0.25, -0.2) is 8.42 Å². The van der Waals surface area contributed by atoms with Gasteiger partial charge in [0.1, 0.15) is 4.90 Å². The highest BCUT2D eigenvalue weighted by molar-refractivity contribution is 7.89. The molecule has 1 aromatic rings.